The molecule has 9 heteroatoms. The van der Waals surface area contributed by atoms with Crippen LogP contribution in [0.4, 0.5) is 5.69 Å². The van der Waals surface area contributed by atoms with Gasteiger partial charge in [0.15, 0.2) is 10.7 Å². The molecule has 2 aromatic carbocycles. The molecule has 0 aliphatic heterocycles. The zero-order valence-corrected chi connectivity index (χ0v) is 17.1. The minimum Gasteiger partial charge on any atom is -0.277 e. The van der Waals surface area contributed by atoms with Gasteiger partial charge in [-0.3, -0.25) is 5.43 Å². The van der Waals surface area contributed by atoms with Gasteiger partial charge in [-0.2, -0.15) is 14.7 Å². The molecule has 1 aromatic heterocycles. The number of hydrogen-bond donors (Lipinski definition) is 1. The van der Waals surface area contributed by atoms with Crippen LogP contribution in [-0.2, 0) is 10.0 Å². The Morgan fingerprint density at radius 1 is 1.18 bits per heavy atom. The summed E-state index contributed by atoms with van der Waals surface area (Å²) in [5.41, 5.74) is 4.36. The van der Waals surface area contributed by atoms with Crippen LogP contribution < -0.4 is 5.43 Å². The van der Waals surface area contributed by atoms with E-state index in [2.05, 4.69) is 15.5 Å². The van der Waals surface area contributed by atoms with Crippen molar-refractivity contribution in [3.05, 3.63) is 53.5 Å². The van der Waals surface area contributed by atoms with Gasteiger partial charge in [0.25, 0.3) is 0 Å². The monoisotopic (exact) mass is 413 g/mol. The van der Waals surface area contributed by atoms with Crippen LogP contribution in [0, 0.1) is 11.3 Å². The van der Waals surface area contributed by atoms with Gasteiger partial charge in [-0.25, -0.2) is 13.4 Å². The third-order valence-corrected chi connectivity index (χ3v) is 7.20. The maximum Gasteiger partial charge on any atom is 0.243 e. The topological polar surface area (TPSA) is 98.5 Å². The molecule has 0 amide bonds. The second kappa shape index (κ2) is 8.48. The Bertz CT molecular complexity index is 1110. The van der Waals surface area contributed by atoms with E-state index in [4.69, 9.17) is 0 Å². The van der Waals surface area contributed by atoms with Gasteiger partial charge in [0.1, 0.15) is 6.07 Å². The van der Waals surface area contributed by atoms with Crippen molar-refractivity contribution in [2.45, 2.75) is 18.7 Å². The predicted octanol–water partition coefficient (Wildman–Crippen LogP) is 3.67. The van der Waals surface area contributed by atoms with E-state index < -0.39 is 10.0 Å². The summed E-state index contributed by atoms with van der Waals surface area (Å²) in [5.74, 6) is 0. The van der Waals surface area contributed by atoms with E-state index in [1.807, 2.05) is 30.3 Å². The maximum atomic E-state index is 12.5. The lowest BCUT2D eigenvalue weighted by Crippen LogP contribution is -2.30. The maximum absolute atomic E-state index is 12.5. The molecule has 0 aliphatic carbocycles. The van der Waals surface area contributed by atoms with Gasteiger partial charge in [-0.15, -0.1) is 11.3 Å². The number of benzene rings is 2. The van der Waals surface area contributed by atoms with Gasteiger partial charge < -0.3 is 0 Å². The average Bonchev–Trinajstić information content (AvgIpc) is 3.13. The number of fused-ring (bicyclic) bond motifs is 1. The molecule has 0 saturated carbocycles. The summed E-state index contributed by atoms with van der Waals surface area (Å²) in [7, 11) is -3.50. The van der Waals surface area contributed by atoms with Gasteiger partial charge in [0.2, 0.25) is 10.0 Å². The van der Waals surface area contributed by atoms with Crippen molar-refractivity contribution in [1.29, 1.82) is 5.26 Å². The third-order valence-electron chi connectivity index (χ3n) is 4.10. The number of nitrogens with one attached hydrogen (secondary N) is 1. The quantitative estimate of drug-likeness (QED) is 0.471. The highest BCUT2D eigenvalue weighted by atomic mass is 32.2. The number of hydrogen-bond acceptors (Lipinski definition) is 7. The molecule has 0 atom stereocenters. The Kier molecular flexibility index (Phi) is 6.04. The van der Waals surface area contributed by atoms with Gasteiger partial charge in [0, 0.05) is 13.1 Å². The van der Waals surface area contributed by atoms with E-state index in [-0.39, 0.29) is 10.6 Å². The second-order valence-corrected chi connectivity index (χ2v) is 8.75. The predicted molar refractivity (Wildman–Crippen MR) is 112 cm³/mol. The standard InChI is InChI=1S/C19H19N5O2S2/c1-3-24(4-2)28(25,26)15-11-9-14(10-12-15)22-23-17(13-20)19-21-16-7-5-6-8-18(16)27-19/h5-12,22H,3-4H2,1-2H3/b23-17+. The number of aromatic nitrogens is 1. The van der Waals surface area contributed by atoms with E-state index in [0.717, 1.165) is 10.2 Å². The highest BCUT2D eigenvalue weighted by Gasteiger charge is 2.21. The normalized spacial score (nSPS) is 12.3. The highest BCUT2D eigenvalue weighted by molar-refractivity contribution is 7.89. The van der Waals surface area contributed by atoms with Crippen molar-refractivity contribution in [3.63, 3.8) is 0 Å². The van der Waals surface area contributed by atoms with E-state index in [9.17, 15) is 13.7 Å². The number of sulfonamides is 1. The van der Waals surface area contributed by atoms with Crippen LogP contribution in [0.1, 0.15) is 18.9 Å². The minimum absolute atomic E-state index is 0.168. The fourth-order valence-corrected chi connectivity index (χ4v) is 4.99. The Balaban J connectivity index is 1.80. The van der Waals surface area contributed by atoms with Crippen molar-refractivity contribution < 1.29 is 8.42 Å². The van der Waals surface area contributed by atoms with Crippen LogP contribution in [0.3, 0.4) is 0 Å². The molecule has 28 heavy (non-hydrogen) atoms. The average molecular weight is 414 g/mol. The van der Waals surface area contributed by atoms with Gasteiger partial charge in [0.05, 0.1) is 20.8 Å². The molecule has 144 valence electrons. The number of para-hydroxylation sites is 1. The molecule has 0 unspecified atom stereocenters. The smallest absolute Gasteiger partial charge is 0.243 e. The number of rotatable bonds is 7. The molecular weight excluding hydrogens is 394 g/mol. The van der Waals surface area contributed by atoms with Gasteiger partial charge in [-0.05, 0) is 36.4 Å². The molecule has 0 radical (unpaired) electrons. The molecule has 3 rings (SSSR count). The van der Waals surface area contributed by atoms with Crippen molar-refractivity contribution >= 4 is 43.0 Å². The lowest BCUT2D eigenvalue weighted by molar-refractivity contribution is 0.445. The number of anilines is 1. The van der Waals surface area contributed by atoms with Crippen molar-refractivity contribution in [2.24, 2.45) is 5.10 Å². The Morgan fingerprint density at radius 2 is 1.86 bits per heavy atom. The summed E-state index contributed by atoms with van der Waals surface area (Å²) < 4.78 is 27.4. The zero-order valence-electron chi connectivity index (χ0n) is 15.5. The first kappa shape index (κ1) is 19.9. The molecule has 0 fully saturated rings. The highest BCUT2D eigenvalue weighted by Crippen LogP contribution is 2.22. The first-order valence-corrected chi connectivity index (χ1v) is 10.9. The lowest BCUT2D eigenvalue weighted by Gasteiger charge is -2.18. The van der Waals surface area contributed by atoms with Gasteiger partial charge in [-0.1, -0.05) is 26.0 Å². The second-order valence-electron chi connectivity index (χ2n) is 5.78. The van der Waals surface area contributed by atoms with Crippen LogP contribution >= 0.6 is 11.3 Å². The summed E-state index contributed by atoms with van der Waals surface area (Å²) in [6.07, 6.45) is 0. The molecule has 3 aromatic rings. The van der Waals surface area contributed by atoms with E-state index in [0.29, 0.717) is 23.8 Å². The molecule has 1 heterocycles. The lowest BCUT2D eigenvalue weighted by atomic mass is 10.3. The molecule has 7 nitrogen and oxygen atoms in total. The summed E-state index contributed by atoms with van der Waals surface area (Å²) in [4.78, 5) is 4.64. The molecule has 0 saturated heterocycles. The number of thiazole rings is 1. The summed E-state index contributed by atoms with van der Waals surface area (Å²) in [5, 5.41) is 14.1. The summed E-state index contributed by atoms with van der Waals surface area (Å²) in [6, 6.07) is 16.0. The number of nitriles is 1. The number of nitrogens with zero attached hydrogens (tertiary/aromatic N) is 4. The molecular formula is C19H19N5O2S2. The molecule has 0 aliphatic rings. The van der Waals surface area contributed by atoms with Crippen molar-refractivity contribution in [1.82, 2.24) is 9.29 Å². The zero-order chi connectivity index (χ0) is 20.1. The first-order chi connectivity index (χ1) is 13.5. The first-order valence-electron chi connectivity index (χ1n) is 8.69. The van der Waals surface area contributed by atoms with Crippen molar-refractivity contribution in [3.8, 4) is 6.07 Å². The third kappa shape index (κ3) is 4.04. The minimum atomic E-state index is -3.50. The van der Waals surface area contributed by atoms with Crippen LogP contribution in [0.15, 0.2) is 58.5 Å². The van der Waals surface area contributed by atoms with Crippen LogP contribution in [-0.4, -0.2) is 36.5 Å². The SMILES string of the molecule is CCN(CC)S(=O)(=O)c1ccc(N/N=C(\C#N)c2nc3ccccc3s2)cc1. The van der Waals surface area contributed by atoms with Gasteiger partial charge >= 0.3 is 0 Å². The van der Waals surface area contributed by atoms with Crippen LogP contribution in [0.2, 0.25) is 0 Å². The fourth-order valence-electron chi connectivity index (χ4n) is 2.63. The van der Waals surface area contributed by atoms with E-state index in [1.54, 1.807) is 26.0 Å². The summed E-state index contributed by atoms with van der Waals surface area (Å²) in [6.45, 7) is 4.43. The Hall–Kier alpha value is -2.80. The van der Waals surface area contributed by atoms with E-state index >= 15 is 0 Å². The largest absolute Gasteiger partial charge is 0.277 e. The van der Waals surface area contributed by atoms with Crippen LogP contribution in [0.25, 0.3) is 10.2 Å². The molecule has 1 N–H and O–H groups in total. The van der Waals surface area contributed by atoms with Crippen molar-refractivity contribution in [2.75, 3.05) is 18.5 Å². The number of hydrazone groups is 1. The van der Waals surface area contributed by atoms with E-state index in [1.165, 1.54) is 27.8 Å². The summed E-state index contributed by atoms with van der Waals surface area (Å²) >= 11 is 1.39. The fraction of sp³-hybridized carbons (Fsp3) is 0.211. The Labute approximate surface area is 168 Å². The van der Waals surface area contributed by atoms with Crippen LogP contribution in [0.5, 0.6) is 0 Å². The Morgan fingerprint density at radius 3 is 2.46 bits per heavy atom. The molecule has 0 bridgehead atoms. The molecule has 0 spiro atoms.